The van der Waals surface area contributed by atoms with Crippen LogP contribution in [0.4, 0.5) is 10.1 Å². The number of nitrogens with zero attached hydrogens (tertiary/aromatic N) is 2. The van der Waals surface area contributed by atoms with Crippen molar-refractivity contribution in [1.82, 2.24) is 0 Å². The number of rotatable bonds is 7. The summed E-state index contributed by atoms with van der Waals surface area (Å²) < 4.78 is 31.2. The monoisotopic (exact) mass is 588 g/mol. The normalized spacial score (nSPS) is 14.0. The van der Waals surface area contributed by atoms with Crippen molar-refractivity contribution < 1.29 is 28.3 Å². The summed E-state index contributed by atoms with van der Waals surface area (Å²) in [5.41, 5.74) is 1.93. The van der Waals surface area contributed by atoms with Crippen LogP contribution in [0.15, 0.2) is 65.3 Å². The van der Waals surface area contributed by atoms with Gasteiger partial charge in [-0.2, -0.15) is 0 Å². The molecule has 0 unspecified atom stereocenters. The molecular formula is C25H18FIN2O6. The fraction of sp³-hybridized carbons (Fsp3) is 0.120. The number of carbonyl (C=O) groups is 1. The third-order valence-corrected chi connectivity index (χ3v) is 5.95. The summed E-state index contributed by atoms with van der Waals surface area (Å²) in [6.07, 6.45) is 1.54. The predicted molar refractivity (Wildman–Crippen MR) is 135 cm³/mol. The number of carbonyl (C=O) groups excluding carboxylic acids is 1. The maximum Gasteiger partial charge on any atom is 0.363 e. The van der Waals surface area contributed by atoms with Gasteiger partial charge in [0.05, 0.1) is 15.6 Å². The zero-order valence-corrected chi connectivity index (χ0v) is 20.7. The lowest BCUT2D eigenvalue weighted by Gasteiger charge is -2.14. The van der Waals surface area contributed by atoms with Crippen molar-refractivity contribution in [2.24, 2.45) is 4.99 Å². The topological polar surface area (TPSA) is 100 Å². The van der Waals surface area contributed by atoms with Crippen molar-refractivity contribution >= 4 is 46.2 Å². The van der Waals surface area contributed by atoms with Crippen LogP contribution in [0.2, 0.25) is 0 Å². The minimum atomic E-state index is -0.648. The van der Waals surface area contributed by atoms with Crippen molar-refractivity contribution in [1.29, 1.82) is 0 Å². The molecule has 0 N–H and O–H groups in total. The van der Waals surface area contributed by atoms with Gasteiger partial charge < -0.3 is 14.2 Å². The average Bonchev–Trinajstić information content (AvgIpc) is 3.18. The van der Waals surface area contributed by atoms with E-state index in [2.05, 4.69) is 27.6 Å². The Morgan fingerprint density at radius 3 is 2.66 bits per heavy atom. The Labute approximate surface area is 213 Å². The molecule has 0 aliphatic carbocycles. The summed E-state index contributed by atoms with van der Waals surface area (Å²) in [5, 5.41) is 11.0. The van der Waals surface area contributed by atoms with E-state index in [9.17, 15) is 19.3 Å². The molecule has 35 heavy (non-hydrogen) atoms. The second-order valence-corrected chi connectivity index (χ2v) is 8.67. The summed E-state index contributed by atoms with van der Waals surface area (Å²) in [5.74, 6) is -0.102. The van der Waals surface area contributed by atoms with Crippen LogP contribution in [0.3, 0.4) is 0 Å². The number of ether oxygens (including phenoxy) is 3. The van der Waals surface area contributed by atoms with Crippen LogP contribution in [0.5, 0.6) is 11.5 Å². The summed E-state index contributed by atoms with van der Waals surface area (Å²) in [7, 11) is 1.48. The van der Waals surface area contributed by atoms with Gasteiger partial charge in [-0.25, -0.2) is 14.2 Å². The number of halogens is 2. The Balaban J connectivity index is 1.60. The molecule has 0 atom stereocenters. The molecule has 3 aromatic carbocycles. The number of nitro benzene ring substituents is 1. The number of hydrogen-bond acceptors (Lipinski definition) is 7. The molecule has 0 bridgehead atoms. The number of aliphatic imine (C=N–C) groups is 1. The lowest BCUT2D eigenvalue weighted by Crippen LogP contribution is -2.06. The predicted octanol–water partition coefficient (Wildman–Crippen LogP) is 5.58. The minimum Gasteiger partial charge on any atom is -0.493 e. The van der Waals surface area contributed by atoms with Crippen molar-refractivity contribution in [2.45, 2.75) is 13.5 Å². The van der Waals surface area contributed by atoms with E-state index >= 15 is 0 Å². The first-order valence-corrected chi connectivity index (χ1v) is 11.4. The summed E-state index contributed by atoms with van der Waals surface area (Å²) in [6.45, 7) is 1.62. The van der Waals surface area contributed by atoms with Crippen molar-refractivity contribution in [2.75, 3.05) is 7.11 Å². The second-order valence-electron chi connectivity index (χ2n) is 7.51. The molecule has 4 rings (SSSR count). The van der Waals surface area contributed by atoms with Gasteiger partial charge in [0.1, 0.15) is 12.4 Å². The van der Waals surface area contributed by atoms with E-state index in [0.717, 1.165) is 0 Å². The molecule has 8 nitrogen and oxygen atoms in total. The van der Waals surface area contributed by atoms with Crippen molar-refractivity contribution in [3.63, 3.8) is 0 Å². The number of cyclic esters (lactones) is 1. The standard InChI is InChI=1S/C25H18FIN2O6/c1-14-9-16(7-8-21(14)29(31)32)24-28-20(25(30)35-24)11-15-10-19(27)23(22(12-15)33-2)34-13-17-5-3-4-6-18(17)26/h3-12H,13H2,1-2H3/b20-11-. The van der Waals surface area contributed by atoms with E-state index in [-0.39, 0.29) is 29.7 Å². The first-order valence-electron chi connectivity index (χ1n) is 10.3. The highest BCUT2D eigenvalue weighted by atomic mass is 127. The molecular weight excluding hydrogens is 570 g/mol. The first kappa shape index (κ1) is 24.3. The molecule has 10 heteroatoms. The lowest BCUT2D eigenvalue weighted by molar-refractivity contribution is -0.385. The molecule has 0 spiro atoms. The largest absolute Gasteiger partial charge is 0.493 e. The Morgan fingerprint density at radius 1 is 1.20 bits per heavy atom. The molecule has 0 radical (unpaired) electrons. The molecule has 0 aromatic heterocycles. The highest BCUT2D eigenvalue weighted by Crippen LogP contribution is 2.36. The second kappa shape index (κ2) is 10.2. The van der Waals surface area contributed by atoms with Gasteiger partial charge in [0, 0.05) is 22.8 Å². The van der Waals surface area contributed by atoms with Crippen molar-refractivity contribution in [3.05, 3.63) is 102 Å². The van der Waals surface area contributed by atoms with Gasteiger partial charge in [0.25, 0.3) is 5.69 Å². The van der Waals surface area contributed by atoms with Crippen LogP contribution >= 0.6 is 22.6 Å². The molecule has 0 fully saturated rings. The van der Waals surface area contributed by atoms with Crippen LogP contribution in [0.25, 0.3) is 6.08 Å². The van der Waals surface area contributed by atoms with E-state index in [4.69, 9.17) is 14.2 Å². The number of nitro groups is 1. The van der Waals surface area contributed by atoms with Crippen LogP contribution in [-0.2, 0) is 16.1 Å². The third kappa shape index (κ3) is 5.32. The van der Waals surface area contributed by atoms with Crippen LogP contribution < -0.4 is 9.47 Å². The SMILES string of the molecule is COc1cc(/C=C2\N=C(c3ccc([N+](=O)[O-])c(C)c3)OC2=O)cc(I)c1OCc1ccccc1F. The van der Waals surface area contributed by atoms with Gasteiger partial charge in [-0.3, -0.25) is 10.1 Å². The highest BCUT2D eigenvalue weighted by molar-refractivity contribution is 14.1. The van der Waals surface area contributed by atoms with Crippen molar-refractivity contribution in [3.8, 4) is 11.5 Å². The molecule has 3 aromatic rings. The van der Waals surface area contributed by atoms with Crippen LogP contribution in [0, 0.1) is 26.4 Å². The van der Waals surface area contributed by atoms with Gasteiger partial charge >= 0.3 is 5.97 Å². The number of hydrogen-bond donors (Lipinski definition) is 0. The quantitative estimate of drug-likeness (QED) is 0.118. The number of methoxy groups -OCH3 is 1. The molecule has 1 aliphatic heterocycles. The van der Waals surface area contributed by atoms with Gasteiger partial charge in [-0.1, -0.05) is 18.2 Å². The van der Waals surface area contributed by atoms with Gasteiger partial charge in [0.2, 0.25) is 5.90 Å². The molecule has 0 saturated carbocycles. The first-order chi connectivity index (χ1) is 16.8. The zero-order chi connectivity index (χ0) is 25.1. The van der Waals surface area contributed by atoms with E-state index in [1.807, 2.05) is 0 Å². The number of benzene rings is 3. The van der Waals surface area contributed by atoms with E-state index in [0.29, 0.717) is 37.3 Å². The van der Waals surface area contributed by atoms with Crippen LogP contribution in [0.1, 0.15) is 22.3 Å². The van der Waals surface area contributed by atoms with Crippen LogP contribution in [-0.4, -0.2) is 23.9 Å². The summed E-state index contributed by atoms with van der Waals surface area (Å²) in [6, 6.07) is 14.1. The Hall–Kier alpha value is -3.80. The molecule has 178 valence electrons. The highest BCUT2D eigenvalue weighted by Gasteiger charge is 2.26. The minimum absolute atomic E-state index is 0.0219. The molecule has 0 amide bonds. The maximum absolute atomic E-state index is 13.9. The molecule has 1 aliphatic rings. The molecule has 0 saturated heterocycles. The van der Waals surface area contributed by atoms with Gasteiger partial charge in [0.15, 0.2) is 17.2 Å². The van der Waals surface area contributed by atoms with Gasteiger partial charge in [-0.15, -0.1) is 0 Å². The van der Waals surface area contributed by atoms with E-state index in [1.165, 1.54) is 25.3 Å². The third-order valence-electron chi connectivity index (χ3n) is 5.15. The fourth-order valence-electron chi connectivity index (χ4n) is 3.41. The van der Waals surface area contributed by atoms with Gasteiger partial charge in [-0.05, 0) is 71.5 Å². The Morgan fingerprint density at radius 2 is 1.97 bits per heavy atom. The average molecular weight is 588 g/mol. The maximum atomic E-state index is 13.9. The lowest BCUT2D eigenvalue weighted by atomic mass is 10.1. The van der Waals surface area contributed by atoms with E-state index < -0.39 is 10.9 Å². The Kier molecular flexibility index (Phi) is 7.10. The number of esters is 1. The smallest absolute Gasteiger partial charge is 0.363 e. The fourth-order valence-corrected chi connectivity index (χ4v) is 4.19. The zero-order valence-electron chi connectivity index (χ0n) is 18.6. The number of aryl methyl sites for hydroxylation is 1. The van der Waals surface area contributed by atoms with E-state index in [1.54, 1.807) is 49.4 Å². The Bertz CT molecular complexity index is 1400. The summed E-state index contributed by atoms with van der Waals surface area (Å²) in [4.78, 5) is 27.2. The summed E-state index contributed by atoms with van der Waals surface area (Å²) >= 11 is 2.07. The molecule has 1 heterocycles.